The molecule has 0 aromatic carbocycles. The minimum Gasteiger partial charge on any atom is -0.341 e. The number of amides is 1. The summed E-state index contributed by atoms with van der Waals surface area (Å²) in [5.41, 5.74) is 5.65. The Bertz CT molecular complexity index is 233. The second-order valence-corrected chi connectivity index (χ2v) is 6.21. The van der Waals surface area contributed by atoms with Crippen molar-refractivity contribution in [2.45, 2.75) is 32.4 Å². The summed E-state index contributed by atoms with van der Waals surface area (Å²) in [6, 6.07) is 0. The van der Waals surface area contributed by atoms with E-state index in [1.807, 2.05) is 4.90 Å². The Morgan fingerprint density at radius 3 is 2.69 bits per heavy atom. The van der Waals surface area contributed by atoms with Crippen molar-refractivity contribution < 1.29 is 4.79 Å². The molecule has 1 saturated heterocycles. The average molecular weight is 244 g/mol. The lowest BCUT2D eigenvalue weighted by molar-refractivity contribution is -0.130. The van der Waals surface area contributed by atoms with Gasteiger partial charge in [0.25, 0.3) is 0 Å². The van der Waals surface area contributed by atoms with Crippen LogP contribution in [0.5, 0.6) is 0 Å². The highest BCUT2D eigenvalue weighted by atomic mass is 32.2. The maximum absolute atomic E-state index is 12.3. The number of carbonyl (C=O) groups is 1. The van der Waals surface area contributed by atoms with Gasteiger partial charge in [-0.05, 0) is 30.6 Å². The van der Waals surface area contributed by atoms with Crippen LogP contribution in [0.3, 0.4) is 0 Å². The van der Waals surface area contributed by atoms with Gasteiger partial charge in [-0.25, -0.2) is 0 Å². The predicted octanol–water partition coefficient (Wildman–Crippen LogP) is 1.57. The Labute approximate surface area is 103 Å². The van der Waals surface area contributed by atoms with Crippen molar-refractivity contribution in [3.8, 4) is 0 Å². The summed E-state index contributed by atoms with van der Waals surface area (Å²) in [6.07, 6.45) is 1.07. The van der Waals surface area contributed by atoms with Crippen LogP contribution in [0.2, 0.25) is 0 Å². The van der Waals surface area contributed by atoms with Crippen molar-refractivity contribution in [2.24, 2.45) is 17.6 Å². The van der Waals surface area contributed by atoms with Crippen molar-refractivity contribution in [1.29, 1.82) is 0 Å². The first kappa shape index (κ1) is 13.8. The van der Waals surface area contributed by atoms with Gasteiger partial charge in [0.05, 0.1) is 5.25 Å². The van der Waals surface area contributed by atoms with E-state index in [0.29, 0.717) is 24.3 Å². The van der Waals surface area contributed by atoms with Gasteiger partial charge in [0.15, 0.2) is 0 Å². The summed E-state index contributed by atoms with van der Waals surface area (Å²) >= 11 is 1.77. The van der Waals surface area contributed by atoms with Crippen molar-refractivity contribution in [2.75, 3.05) is 25.4 Å². The van der Waals surface area contributed by atoms with Crippen LogP contribution in [-0.2, 0) is 4.79 Å². The highest BCUT2D eigenvalue weighted by Crippen LogP contribution is 2.24. The summed E-state index contributed by atoms with van der Waals surface area (Å²) in [5, 5.41) is 0.126. The highest BCUT2D eigenvalue weighted by molar-refractivity contribution is 8.00. The summed E-state index contributed by atoms with van der Waals surface area (Å²) in [5.74, 6) is 2.25. The van der Waals surface area contributed by atoms with Gasteiger partial charge in [0.1, 0.15) is 0 Å². The largest absolute Gasteiger partial charge is 0.341 e. The second kappa shape index (κ2) is 6.50. The van der Waals surface area contributed by atoms with Crippen LogP contribution < -0.4 is 5.73 Å². The van der Waals surface area contributed by atoms with E-state index in [-0.39, 0.29) is 5.25 Å². The second-order valence-electron chi connectivity index (χ2n) is 4.79. The van der Waals surface area contributed by atoms with Gasteiger partial charge >= 0.3 is 0 Å². The lowest BCUT2D eigenvalue weighted by Gasteiger charge is -2.25. The predicted molar refractivity (Wildman–Crippen MR) is 70.5 cm³/mol. The lowest BCUT2D eigenvalue weighted by Crippen LogP contribution is -2.39. The Hall–Kier alpha value is -0.220. The maximum atomic E-state index is 12.3. The standard InChI is InChI=1S/C12H24N2OS/c1-4-16-11(9(2)3)12(15)14-6-5-10(7-13)8-14/h9-11H,4-8,13H2,1-3H3. The molecule has 16 heavy (non-hydrogen) atoms. The van der Waals surface area contributed by atoms with Crippen LogP contribution in [0.4, 0.5) is 0 Å². The molecule has 0 saturated carbocycles. The van der Waals surface area contributed by atoms with Gasteiger partial charge < -0.3 is 10.6 Å². The van der Waals surface area contributed by atoms with Gasteiger partial charge in [-0.15, -0.1) is 11.8 Å². The summed E-state index contributed by atoms with van der Waals surface area (Å²) < 4.78 is 0. The van der Waals surface area contributed by atoms with E-state index in [1.165, 1.54) is 0 Å². The third-order valence-electron chi connectivity index (χ3n) is 3.13. The SMILES string of the molecule is CCSC(C(=O)N1CCC(CN)C1)C(C)C. The number of hydrogen-bond acceptors (Lipinski definition) is 3. The van der Waals surface area contributed by atoms with E-state index < -0.39 is 0 Å². The number of rotatable bonds is 5. The summed E-state index contributed by atoms with van der Waals surface area (Å²) in [7, 11) is 0. The molecule has 4 heteroatoms. The fourth-order valence-corrected chi connectivity index (χ4v) is 3.17. The number of nitrogens with two attached hydrogens (primary N) is 1. The minimum atomic E-state index is 0.126. The van der Waals surface area contributed by atoms with Gasteiger partial charge in [-0.3, -0.25) is 4.79 Å². The Kier molecular flexibility index (Phi) is 5.62. The van der Waals surface area contributed by atoms with E-state index in [0.717, 1.165) is 25.3 Å². The number of nitrogens with zero attached hydrogens (tertiary/aromatic N) is 1. The molecule has 1 aliphatic heterocycles. The molecule has 0 radical (unpaired) electrons. The lowest BCUT2D eigenvalue weighted by atomic mass is 10.1. The number of carbonyl (C=O) groups excluding carboxylic acids is 1. The molecule has 0 aliphatic carbocycles. The molecule has 2 unspecified atom stereocenters. The molecule has 0 aromatic rings. The van der Waals surface area contributed by atoms with E-state index in [4.69, 9.17) is 5.73 Å². The molecule has 1 rings (SSSR count). The smallest absolute Gasteiger partial charge is 0.235 e. The molecule has 1 fully saturated rings. The molecule has 0 aromatic heterocycles. The van der Waals surface area contributed by atoms with E-state index in [1.54, 1.807) is 11.8 Å². The molecule has 0 bridgehead atoms. The molecular formula is C12H24N2OS. The molecule has 1 aliphatic rings. The van der Waals surface area contributed by atoms with E-state index in [2.05, 4.69) is 20.8 Å². The molecule has 2 N–H and O–H groups in total. The van der Waals surface area contributed by atoms with Gasteiger partial charge in [0.2, 0.25) is 5.91 Å². The molecule has 0 spiro atoms. The maximum Gasteiger partial charge on any atom is 0.235 e. The van der Waals surface area contributed by atoms with Gasteiger partial charge in [0, 0.05) is 13.1 Å². The van der Waals surface area contributed by atoms with Crippen LogP contribution in [0, 0.1) is 11.8 Å². The van der Waals surface area contributed by atoms with E-state index in [9.17, 15) is 4.79 Å². The van der Waals surface area contributed by atoms with Crippen LogP contribution in [-0.4, -0.2) is 41.4 Å². The van der Waals surface area contributed by atoms with Crippen molar-refractivity contribution in [1.82, 2.24) is 4.90 Å². The highest BCUT2D eigenvalue weighted by Gasteiger charge is 2.31. The zero-order chi connectivity index (χ0) is 12.1. The minimum absolute atomic E-state index is 0.126. The Morgan fingerprint density at radius 1 is 1.56 bits per heavy atom. The molecule has 3 nitrogen and oxygen atoms in total. The first-order chi connectivity index (χ1) is 7.60. The normalized spacial score (nSPS) is 22.8. The van der Waals surface area contributed by atoms with Gasteiger partial charge in [-0.1, -0.05) is 20.8 Å². The Morgan fingerprint density at radius 2 is 2.25 bits per heavy atom. The number of likely N-dealkylation sites (tertiary alicyclic amines) is 1. The zero-order valence-electron chi connectivity index (χ0n) is 10.6. The van der Waals surface area contributed by atoms with Crippen molar-refractivity contribution in [3.63, 3.8) is 0 Å². The first-order valence-corrected chi connectivity index (χ1v) is 7.25. The van der Waals surface area contributed by atoms with E-state index >= 15 is 0 Å². The molecular weight excluding hydrogens is 220 g/mol. The fourth-order valence-electron chi connectivity index (χ4n) is 2.13. The van der Waals surface area contributed by atoms with Crippen LogP contribution in [0.1, 0.15) is 27.2 Å². The number of thioether (sulfide) groups is 1. The third kappa shape index (κ3) is 3.39. The Balaban J connectivity index is 2.54. The van der Waals surface area contributed by atoms with Gasteiger partial charge in [-0.2, -0.15) is 0 Å². The quantitative estimate of drug-likeness (QED) is 0.798. The average Bonchev–Trinajstić information content (AvgIpc) is 2.73. The van der Waals surface area contributed by atoms with Crippen LogP contribution in [0.25, 0.3) is 0 Å². The van der Waals surface area contributed by atoms with Crippen LogP contribution in [0.15, 0.2) is 0 Å². The fraction of sp³-hybridized carbons (Fsp3) is 0.917. The summed E-state index contributed by atoms with van der Waals surface area (Å²) in [6.45, 7) is 8.83. The molecule has 2 atom stereocenters. The third-order valence-corrected chi connectivity index (χ3v) is 4.56. The van der Waals surface area contributed by atoms with Crippen molar-refractivity contribution in [3.05, 3.63) is 0 Å². The monoisotopic (exact) mass is 244 g/mol. The molecule has 94 valence electrons. The number of hydrogen-bond donors (Lipinski definition) is 1. The molecule has 1 heterocycles. The topological polar surface area (TPSA) is 46.3 Å². The molecule has 1 amide bonds. The first-order valence-electron chi connectivity index (χ1n) is 6.20. The van der Waals surface area contributed by atoms with Crippen molar-refractivity contribution >= 4 is 17.7 Å². The zero-order valence-corrected chi connectivity index (χ0v) is 11.4. The van der Waals surface area contributed by atoms with Crippen LogP contribution >= 0.6 is 11.8 Å². The summed E-state index contributed by atoms with van der Waals surface area (Å²) in [4.78, 5) is 14.3.